The average Bonchev–Trinajstić information content (AvgIpc) is 2.41. The lowest BCUT2D eigenvalue weighted by molar-refractivity contribution is -0.394. The number of halogens is 1. The van der Waals surface area contributed by atoms with Gasteiger partial charge in [0.25, 0.3) is 5.69 Å². The van der Waals surface area contributed by atoms with E-state index in [1.54, 1.807) is 0 Å². The third-order valence-electron chi connectivity index (χ3n) is 2.41. The maximum Gasteiger partial charge on any atom is 0.318 e. The van der Waals surface area contributed by atoms with Crippen LogP contribution in [0.25, 0.3) is 0 Å². The number of non-ortho nitro benzene ring substituents is 1. The number of hydrogen-bond donors (Lipinski definition) is 0. The number of ether oxygens (including phenoxy) is 1. The zero-order valence-electron chi connectivity index (χ0n) is 9.86. The Bertz CT molecular complexity index is 689. The van der Waals surface area contributed by atoms with Gasteiger partial charge in [-0.3, -0.25) is 20.2 Å². The molecule has 2 rings (SSSR count). The maximum absolute atomic E-state index is 13.4. The van der Waals surface area contributed by atoms with E-state index in [1.165, 1.54) is 18.2 Å². The maximum atomic E-state index is 13.4. The predicted octanol–water partition coefficient (Wildman–Crippen LogP) is 3.43. The third-order valence-corrected chi connectivity index (χ3v) is 2.41. The molecule has 0 radical (unpaired) electrons. The highest BCUT2D eigenvalue weighted by Crippen LogP contribution is 2.34. The summed E-state index contributed by atoms with van der Waals surface area (Å²) in [6.07, 6.45) is 0. The number of para-hydroxylation sites is 1. The molecule has 0 amide bonds. The molecule has 20 heavy (non-hydrogen) atoms. The molecule has 102 valence electrons. The molecule has 0 aliphatic rings. The van der Waals surface area contributed by atoms with Gasteiger partial charge in [0.15, 0.2) is 11.6 Å². The molecule has 0 saturated heterocycles. The Morgan fingerprint density at radius 1 is 0.950 bits per heavy atom. The van der Waals surface area contributed by atoms with E-state index in [0.29, 0.717) is 0 Å². The Labute approximate surface area is 111 Å². The zero-order valence-corrected chi connectivity index (χ0v) is 9.86. The molecular formula is C12H7FN2O5. The molecular weight excluding hydrogens is 271 g/mol. The Morgan fingerprint density at radius 3 is 2.25 bits per heavy atom. The summed E-state index contributed by atoms with van der Waals surface area (Å²) in [6, 6.07) is 8.22. The topological polar surface area (TPSA) is 95.5 Å². The van der Waals surface area contributed by atoms with Gasteiger partial charge in [-0.25, -0.2) is 4.39 Å². The summed E-state index contributed by atoms with van der Waals surface area (Å²) in [6.45, 7) is 0. The van der Waals surface area contributed by atoms with Gasteiger partial charge >= 0.3 is 5.69 Å². The number of benzene rings is 2. The van der Waals surface area contributed by atoms with E-state index < -0.39 is 27.0 Å². The molecule has 0 N–H and O–H groups in total. The third kappa shape index (κ3) is 2.69. The van der Waals surface area contributed by atoms with E-state index in [1.807, 2.05) is 0 Å². The van der Waals surface area contributed by atoms with E-state index in [2.05, 4.69) is 0 Å². The highest BCUT2D eigenvalue weighted by Gasteiger charge is 2.21. The van der Waals surface area contributed by atoms with Gasteiger partial charge in [-0.2, -0.15) is 0 Å². The smallest absolute Gasteiger partial charge is 0.318 e. The molecule has 0 aliphatic carbocycles. The van der Waals surface area contributed by atoms with Crippen molar-refractivity contribution in [2.75, 3.05) is 0 Å². The second kappa shape index (κ2) is 5.31. The fourth-order valence-corrected chi connectivity index (χ4v) is 1.49. The van der Waals surface area contributed by atoms with E-state index in [4.69, 9.17) is 4.74 Å². The number of nitrogens with zero attached hydrogens (tertiary/aromatic N) is 2. The first-order valence-corrected chi connectivity index (χ1v) is 5.34. The summed E-state index contributed by atoms with van der Waals surface area (Å²) < 4.78 is 18.5. The van der Waals surface area contributed by atoms with Crippen LogP contribution in [-0.2, 0) is 0 Å². The van der Waals surface area contributed by atoms with Crippen LogP contribution < -0.4 is 4.74 Å². The molecule has 0 fully saturated rings. The van der Waals surface area contributed by atoms with Crippen LogP contribution in [0.1, 0.15) is 0 Å². The van der Waals surface area contributed by atoms with Crippen LogP contribution in [0, 0.1) is 26.0 Å². The van der Waals surface area contributed by atoms with Crippen LogP contribution in [0.5, 0.6) is 11.5 Å². The van der Waals surface area contributed by atoms with Crippen LogP contribution in [-0.4, -0.2) is 9.85 Å². The van der Waals surface area contributed by atoms with Crippen molar-refractivity contribution in [1.82, 2.24) is 0 Å². The van der Waals surface area contributed by atoms with Crippen LogP contribution in [0.4, 0.5) is 15.8 Å². The highest BCUT2D eigenvalue weighted by atomic mass is 19.1. The van der Waals surface area contributed by atoms with Crippen LogP contribution >= 0.6 is 0 Å². The standard InChI is InChI=1S/C12H7FN2O5/c13-9-3-1-2-4-11(9)20-12-6-5-8(14(16)17)7-10(12)15(18)19/h1-7H. The number of hydrogen-bond acceptors (Lipinski definition) is 5. The van der Waals surface area contributed by atoms with Crippen LogP contribution in [0.15, 0.2) is 42.5 Å². The predicted molar refractivity (Wildman–Crippen MR) is 66.2 cm³/mol. The van der Waals surface area contributed by atoms with Gasteiger partial charge in [0, 0.05) is 6.07 Å². The Hall–Kier alpha value is -3.03. The van der Waals surface area contributed by atoms with Crippen LogP contribution in [0.2, 0.25) is 0 Å². The lowest BCUT2D eigenvalue weighted by atomic mass is 10.2. The fraction of sp³-hybridized carbons (Fsp3) is 0. The van der Waals surface area contributed by atoms with E-state index in [-0.39, 0.29) is 11.5 Å². The van der Waals surface area contributed by atoms with Gasteiger partial charge in [0.1, 0.15) is 0 Å². The van der Waals surface area contributed by atoms with Gasteiger partial charge in [0.2, 0.25) is 5.75 Å². The van der Waals surface area contributed by atoms with E-state index in [0.717, 1.165) is 24.3 Å². The number of rotatable bonds is 4. The summed E-state index contributed by atoms with van der Waals surface area (Å²) in [5.74, 6) is -1.17. The number of nitro benzene ring substituents is 2. The molecule has 2 aromatic rings. The van der Waals surface area contributed by atoms with Crippen LogP contribution in [0.3, 0.4) is 0 Å². The molecule has 0 aliphatic heterocycles. The van der Waals surface area contributed by atoms with Gasteiger partial charge in [0.05, 0.1) is 15.9 Å². The average molecular weight is 278 g/mol. The summed E-state index contributed by atoms with van der Waals surface area (Å²) in [7, 11) is 0. The number of nitro groups is 2. The molecule has 8 heteroatoms. The van der Waals surface area contributed by atoms with Crippen molar-refractivity contribution in [3.05, 3.63) is 68.5 Å². The largest absolute Gasteiger partial charge is 0.447 e. The molecule has 0 spiro atoms. The second-order valence-electron chi connectivity index (χ2n) is 3.70. The molecule has 7 nitrogen and oxygen atoms in total. The van der Waals surface area contributed by atoms with Gasteiger partial charge < -0.3 is 4.74 Å². The molecule has 2 aromatic carbocycles. The first-order chi connectivity index (χ1) is 9.49. The first-order valence-electron chi connectivity index (χ1n) is 5.34. The molecule has 0 saturated carbocycles. The SMILES string of the molecule is O=[N+]([O-])c1ccc(Oc2ccccc2F)c([N+](=O)[O-])c1. The monoisotopic (exact) mass is 278 g/mol. The first kappa shape index (κ1) is 13.4. The van der Waals surface area contributed by atoms with Crippen molar-refractivity contribution in [3.8, 4) is 11.5 Å². The Kier molecular flexibility index (Phi) is 3.56. The summed E-state index contributed by atoms with van der Waals surface area (Å²) in [5.41, 5.74) is -1.06. The van der Waals surface area contributed by atoms with Gasteiger partial charge in [-0.15, -0.1) is 0 Å². The van der Waals surface area contributed by atoms with Gasteiger partial charge in [-0.1, -0.05) is 12.1 Å². The highest BCUT2D eigenvalue weighted by molar-refractivity contribution is 5.54. The van der Waals surface area contributed by atoms with E-state index in [9.17, 15) is 24.6 Å². The van der Waals surface area contributed by atoms with Gasteiger partial charge in [-0.05, 0) is 18.2 Å². The minimum absolute atomic E-state index is 0.204. The molecule has 0 bridgehead atoms. The molecule has 0 atom stereocenters. The summed E-state index contributed by atoms with van der Waals surface area (Å²) in [4.78, 5) is 19.9. The van der Waals surface area contributed by atoms with Crippen molar-refractivity contribution >= 4 is 11.4 Å². The summed E-state index contributed by atoms with van der Waals surface area (Å²) in [5, 5.41) is 21.5. The van der Waals surface area contributed by atoms with Crippen molar-refractivity contribution < 1.29 is 19.0 Å². The minimum atomic E-state index is -0.830. The molecule has 0 aromatic heterocycles. The molecule has 0 heterocycles. The lowest BCUT2D eigenvalue weighted by Crippen LogP contribution is -1.96. The quantitative estimate of drug-likeness (QED) is 0.630. The Balaban J connectivity index is 2.44. The fourth-order valence-electron chi connectivity index (χ4n) is 1.49. The Morgan fingerprint density at radius 2 is 1.65 bits per heavy atom. The minimum Gasteiger partial charge on any atom is -0.447 e. The second-order valence-corrected chi connectivity index (χ2v) is 3.70. The summed E-state index contributed by atoms with van der Waals surface area (Å²) >= 11 is 0. The van der Waals surface area contributed by atoms with Crippen molar-refractivity contribution in [2.24, 2.45) is 0 Å². The van der Waals surface area contributed by atoms with Crippen molar-refractivity contribution in [2.45, 2.75) is 0 Å². The molecule has 0 unspecified atom stereocenters. The zero-order chi connectivity index (χ0) is 14.7. The van der Waals surface area contributed by atoms with Crippen molar-refractivity contribution in [3.63, 3.8) is 0 Å². The van der Waals surface area contributed by atoms with E-state index >= 15 is 0 Å². The van der Waals surface area contributed by atoms with Crippen molar-refractivity contribution in [1.29, 1.82) is 0 Å². The lowest BCUT2D eigenvalue weighted by Gasteiger charge is -2.06. The normalized spacial score (nSPS) is 10.1.